The SMILES string of the molecule is COc1ccc(S(=O)(=O)O)cc1NC(=O)c1ccc2ccccc2c1. The second kappa shape index (κ2) is 6.54. The third kappa shape index (κ3) is 3.62. The van der Waals surface area contributed by atoms with E-state index in [1.165, 1.54) is 19.2 Å². The number of nitrogens with one attached hydrogen (secondary N) is 1. The molecule has 0 saturated heterocycles. The summed E-state index contributed by atoms with van der Waals surface area (Å²) in [7, 11) is -2.99. The van der Waals surface area contributed by atoms with Crippen LogP contribution in [0.25, 0.3) is 10.8 Å². The normalized spacial score (nSPS) is 11.3. The molecule has 0 bridgehead atoms. The largest absolute Gasteiger partial charge is 0.495 e. The molecular formula is C18H15NO5S. The summed E-state index contributed by atoms with van der Waals surface area (Å²) in [6.07, 6.45) is 0. The average molecular weight is 357 g/mol. The smallest absolute Gasteiger partial charge is 0.294 e. The molecule has 3 aromatic carbocycles. The number of carbonyl (C=O) groups is 1. The Kier molecular flexibility index (Phi) is 4.43. The third-order valence-electron chi connectivity index (χ3n) is 3.73. The van der Waals surface area contributed by atoms with E-state index in [9.17, 15) is 13.2 Å². The van der Waals surface area contributed by atoms with Crippen LogP contribution in [-0.4, -0.2) is 26.0 Å². The predicted molar refractivity (Wildman–Crippen MR) is 94.7 cm³/mol. The Morgan fingerprint density at radius 3 is 2.40 bits per heavy atom. The molecule has 0 spiro atoms. The van der Waals surface area contributed by atoms with Gasteiger partial charge >= 0.3 is 0 Å². The molecule has 25 heavy (non-hydrogen) atoms. The third-order valence-corrected chi connectivity index (χ3v) is 4.58. The van der Waals surface area contributed by atoms with Crippen LogP contribution in [0.3, 0.4) is 0 Å². The van der Waals surface area contributed by atoms with Crippen LogP contribution in [0.1, 0.15) is 10.4 Å². The van der Waals surface area contributed by atoms with Gasteiger partial charge in [-0.3, -0.25) is 9.35 Å². The molecule has 0 heterocycles. The van der Waals surface area contributed by atoms with Crippen LogP contribution in [0.4, 0.5) is 5.69 Å². The zero-order valence-corrected chi connectivity index (χ0v) is 14.1. The van der Waals surface area contributed by atoms with Gasteiger partial charge in [0, 0.05) is 5.56 Å². The summed E-state index contributed by atoms with van der Waals surface area (Å²) in [5.41, 5.74) is 0.564. The Morgan fingerprint density at radius 2 is 1.72 bits per heavy atom. The van der Waals surface area contributed by atoms with Crippen molar-refractivity contribution >= 4 is 32.5 Å². The number of benzene rings is 3. The highest BCUT2D eigenvalue weighted by atomic mass is 32.2. The topological polar surface area (TPSA) is 92.7 Å². The zero-order chi connectivity index (χ0) is 18.0. The number of carbonyl (C=O) groups excluding carboxylic acids is 1. The molecule has 2 N–H and O–H groups in total. The maximum atomic E-state index is 12.5. The average Bonchev–Trinajstić information content (AvgIpc) is 2.60. The van der Waals surface area contributed by atoms with Gasteiger partial charge in [-0.2, -0.15) is 8.42 Å². The number of rotatable bonds is 4. The fourth-order valence-corrected chi connectivity index (χ4v) is 2.98. The van der Waals surface area contributed by atoms with Gasteiger partial charge in [-0.05, 0) is 41.1 Å². The second-order valence-electron chi connectivity index (χ2n) is 5.35. The minimum Gasteiger partial charge on any atom is -0.495 e. The van der Waals surface area contributed by atoms with Gasteiger partial charge in [0.1, 0.15) is 5.75 Å². The fraction of sp³-hybridized carbons (Fsp3) is 0.0556. The predicted octanol–water partition coefficient (Wildman–Crippen LogP) is 3.35. The van der Waals surface area contributed by atoms with Gasteiger partial charge in [-0.25, -0.2) is 0 Å². The first-order valence-electron chi connectivity index (χ1n) is 7.34. The molecule has 3 aromatic rings. The zero-order valence-electron chi connectivity index (χ0n) is 13.3. The molecule has 7 heteroatoms. The summed E-state index contributed by atoms with van der Waals surface area (Å²) in [4.78, 5) is 12.2. The summed E-state index contributed by atoms with van der Waals surface area (Å²) >= 11 is 0. The van der Waals surface area contributed by atoms with Crippen molar-refractivity contribution in [2.24, 2.45) is 0 Å². The molecule has 0 atom stereocenters. The van der Waals surface area contributed by atoms with Gasteiger partial charge in [0.15, 0.2) is 0 Å². The van der Waals surface area contributed by atoms with Crippen LogP contribution in [0, 0.1) is 0 Å². The lowest BCUT2D eigenvalue weighted by Gasteiger charge is -2.11. The van der Waals surface area contributed by atoms with Crippen LogP contribution >= 0.6 is 0 Å². The van der Waals surface area contributed by atoms with Crippen molar-refractivity contribution in [1.29, 1.82) is 0 Å². The van der Waals surface area contributed by atoms with Crippen molar-refractivity contribution in [2.75, 3.05) is 12.4 Å². The molecule has 0 fully saturated rings. The number of methoxy groups -OCH3 is 1. The van der Waals surface area contributed by atoms with Crippen LogP contribution in [0.15, 0.2) is 65.6 Å². The first-order valence-corrected chi connectivity index (χ1v) is 8.78. The number of hydrogen-bond acceptors (Lipinski definition) is 4. The van der Waals surface area contributed by atoms with Crippen LogP contribution in [0.2, 0.25) is 0 Å². The number of anilines is 1. The van der Waals surface area contributed by atoms with E-state index in [1.54, 1.807) is 12.1 Å². The van der Waals surface area contributed by atoms with E-state index < -0.39 is 16.0 Å². The molecule has 128 valence electrons. The maximum Gasteiger partial charge on any atom is 0.294 e. The minimum atomic E-state index is -4.39. The van der Waals surface area contributed by atoms with E-state index in [4.69, 9.17) is 9.29 Å². The summed E-state index contributed by atoms with van der Waals surface area (Å²) in [6.45, 7) is 0. The summed E-state index contributed by atoms with van der Waals surface area (Å²) in [5.74, 6) is -0.141. The van der Waals surface area contributed by atoms with E-state index in [0.717, 1.165) is 16.8 Å². The van der Waals surface area contributed by atoms with Gasteiger partial charge in [0.25, 0.3) is 16.0 Å². The van der Waals surface area contributed by atoms with E-state index in [2.05, 4.69) is 5.32 Å². The number of ether oxygens (including phenoxy) is 1. The van der Waals surface area contributed by atoms with Crippen molar-refractivity contribution < 1.29 is 22.5 Å². The van der Waals surface area contributed by atoms with Crippen molar-refractivity contribution in [1.82, 2.24) is 0 Å². The maximum absolute atomic E-state index is 12.5. The van der Waals surface area contributed by atoms with Crippen molar-refractivity contribution in [2.45, 2.75) is 4.90 Å². The van der Waals surface area contributed by atoms with E-state index in [-0.39, 0.29) is 16.3 Å². The van der Waals surface area contributed by atoms with Crippen LogP contribution in [0.5, 0.6) is 5.75 Å². The molecule has 0 unspecified atom stereocenters. The molecule has 0 radical (unpaired) electrons. The molecule has 6 nitrogen and oxygen atoms in total. The summed E-state index contributed by atoms with van der Waals surface area (Å²) in [6, 6.07) is 16.6. The van der Waals surface area contributed by atoms with Gasteiger partial charge in [0.05, 0.1) is 17.7 Å². The summed E-state index contributed by atoms with van der Waals surface area (Å²) < 4.78 is 36.9. The summed E-state index contributed by atoms with van der Waals surface area (Å²) in [5, 5.41) is 4.53. The fourth-order valence-electron chi connectivity index (χ4n) is 2.47. The molecule has 1 amide bonds. The molecule has 0 aliphatic heterocycles. The Morgan fingerprint density at radius 1 is 1.00 bits per heavy atom. The lowest BCUT2D eigenvalue weighted by Crippen LogP contribution is -2.13. The van der Waals surface area contributed by atoms with E-state index in [1.807, 2.05) is 30.3 Å². The van der Waals surface area contributed by atoms with Gasteiger partial charge in [-0.1, -0.05) is 30.3 Å². The molecule has 3 rings (SSSR count). The second-order valence-corrected chi connectivity index (χ2v) is 6.77. The minimum absolute atomic E-state index is 0.149. The lowest BCUT2D eigenvalue weighted by atomic mass is 10.1. The molecule has 0 aliphatic rings. The highest BCUT2D eigenvalue weighted by Gasteiger charge is 2.16. The molecule has 0 saturated carbocycles. The number of fused-ring (bicyclic) bond motifs is 1. The standard InChI is InChI=1S/C18H15NO5S/c1-24-17-9-8-15(25(21,22)23)11-16(17)19-18(20)14-7-6-12-4-2-3-5-13(12)10-14/h2-11H,1H3,(H,19,20)(H,21,22,23). The first kappa shape index (κ1) is 16.9. The van der Waals surface area contributed by atoms with Gasteiger partial charge < -0.3 is 10.1 Å². The van der Waals surface area contributed by atoms with E-state index in [0.29, 0.717) is 5.56 Å². The molecule has 0 aromatic heterocycles. The lowest BCUT2D eigenvalue weighted by molar-refractivity contribution is 0.102. The van der Waals surface area contributed by atoms with Crippen LogP contribution in [-0.2, 0) is 10.1 Å². The molecule has 0 aliphatic carbocycles. The van der Waals surface area contributed by atoms with Crippen molar-refractivity contribution in [3.8, 4) is 5.75 Å². The Hall–Kier alpha value is -2.90. The van der Waals surface area contributed by atoms with Crippen molar-refractivity contribution in [3.05, 3.63) is 66.2 Å². The van der Waals surface area contributed by atoms with Crippen LogP contribution < -0.4 is 10.1 Å². The number of amides is 1. The Labute approximate surface area is 144 Å². The monoisotopic (exact) mass is 357 g/mol. The van der Waals surface area contributed by atoms with Gasteiger partial charge in [0.2, 0.25) is 0 Å². The highest BCUT2D eigenvalue weighted by molar-refractivity contribution is 7.85. The van der Waals surface area contributed by atoms with Gasteiger partial charge in [-0.15, -0.1) is 0 Å². The molecular weight excluding hydrogens is 342 g/mol. The quantitative estimate of drug-likeness (QED) is 0.699. The number of hydrogen-bond donors (Lipinski definition) is 2. The first-order chi connectivity index (χ1) is 11.9. The van der Waals surface area contributed by atoms with Crippen molar-refractivity contribution in [3.63, 3.8) is 0 Å². The Bertz CT molecular complexity index is 1060. The Balaban J connectivity index is 1.96. The van der Waals surface area contributed by atoms with E-state index >= 15 is 0 Å². The highest BCUT2D eigenvalue weighted by Crippen LogP contribution is 2.28.